The third kappa shape index (κ3) is 4.75. The molecule has 6 nitrogen and oxygen atoms in total. The molecule has 2 N–H and O–H groups in total. The van der Waals surface area contributed by atoms with Crippen LogP contribution in [0.4, 0.5) is 0 Å². The summed E-state index contributed by atoms with van der Waals surface area (Å²) in [5, 5.41) is 5.87. The Morgan fingerprint density at radius 2 is 2.16 bits per heavy atom. The maximum Gasteiger partial charge on any atom is 0.373 e. The second-order valence-electron chi connectivity index (χ2n) is 4.07. The van der Waals surface area contributed by atoms with Gasteiger partial charge < -0.3 is 19.8 Å². The summed E-state index contributed by atoms with van der Waals surface area (Å²) >= 11 is 0. The quantitative estimate of drug-likeness (QED) is 0.727. The molecule has 0 aromatic carbocycles. The standard InChI is InChI=1S/C13H20N2O4/c1-4-14-12(16)7-8-15-9(2)10-5-6-11(19-10)13(17)18-3/h5-6,9,15H,4,7-8H2,1-3H3,(H,14,16). The molecule has 0 aliphatic carbocycles. The number of hydrogen-bond donors (Lipinski definition) is 2. The molecule has 1 amide bonds. The zero-order valence-corrected chi connectivity index (χ0v) is 11.5. The number of carbonyl (C=O) groups excluding carboxylic acids is 2. The monoisotopic (exact) mass is 268 g/mol. The van der Waals surface area contributed by atoms with E-state index in [4.69, 9.17) is 4.42 Å². The zero-order valence-electron chi connectivity index (χ0n) is 11.5. The van der Waals surface area contributed by atoms with Crippen molar-refractivity contribution in [2.75, 3.05) is 20.2 Å². The van der Waals surface area contributed by atoms with E-state index in [-0.39, 0.29) is 17.7 Å². The molecule has 0 bridgehead atoms. The SMILES string of the molecule is CCNC(=O)CCNC(C)c1ccc(C(=O)OC)o1. The first kappa shape index (κ1) is 15.2. The van der Waals surface area contributed by atoms with Gasteiger partial charge in [-0.05, 0) is 26.0 Å². The van der Waals surface area contributed by atoms with Crippen LogP contribution in [0.15, 0.2) is 16.5 Å². The first-order chi connectivity index (χ1) is 9.08. The van der Waals surface area contributed by atoms with Crippen LogP contribution in [-0.2, 0) is 9.53 Å². The van der Waals surface area contributed by atoms with Gasteiger partial charge >= 0.3 is 5.97 Å². The smallest absolute Gasteiger partial charge is 0.373 e. The summed E-state index contributed by atoms with van der Waals surface area (Å²) in [6.45, 7) is 4.96. The maximum absolute atomic E-state index is 11.3. The van der Waals surface area contributed by atoms with Gasteiger partial charge in [0.05, 0.1) is 13.2 Å². The Hall–Kier alpha value is -1.82. The van der Waals surface area contributed by atoms with Gasteiger partial charge in [0, 0.05) is 19.5 Å². The lowest BCUT2D eigenvalue weighted by atomic mass is 10.2. The molecule has 1 atom stereocenters. The van der Waals surface area contributed by atoms with Gasteiger partial charge in [-0.2, -0.15) is 0 Å². The van der Waals surface area contributed by atoms with E-state index in [1.54, 1.807) is 12.1 Å². The van der Waals surface area contributed by atoms with Crippen LogP contribution in [0.2, 0.25) is 0 Å². The van der Waals surface area contributed by atoms with E-state index >= 15 is 0 Å². The van der Waals surface area contributed by atoms with Crippen LogP contribution in [0.25, 0.3) is 0 Å². The number of carbonyl (C=O) groups is 2. The van der Waals surface area contributed by atoms with Crippen molar-refractivity contribution in [2.24, 2.45) is 0 Å². The number of rotatable bonds is 7. The van der Waals surface area contributed by atoms with Crippen molar-refractivity contribution < 1.29 is 18.7 Å². The fourth-order valence-corrected chi connectivity index (χ4v) is 1.58. The first-order valence-corrected chi connectivity index (χ1v) is 6.26. The fraction of sp³-hybridized carbons (Fsp3) is 0.538. The van der Waals surface area contributed by atoms with Crippen molar-refractivity contribution in [3.8, 4) is 0 Å². The van der Waals surface area contributed by atoms with E-state index < -0.39 is 5.97 Å². The molecule has 0 spiro atoms. The van der Waals surface area contributed by atoms with Crippen LogP contribution in [0.3, 0.4) is 0 Å². The lowest BCUT2D eigenvalue weighted by molar-refractivity contribution is -0.120. The van der Waals surface area contributed by atoms with E-state index in [0.29, 0.717) is 25.3 Å². The van der Waals surface area contributed by atoms with Crippen LogP contribution < -0.4 is 10.6 Å². The summed E-state index contributed by atoms with van der Waals surface area (Å²) in [4.78, 5) is 22.5. The van der Waals surface area contributed by atoms with E-state index in [2.05, 4.69) is 15.4 Å². The molecule has 1 unspecified atom stereocenters. The van der Waals surface area contributed by atoms with Gasteiger partial charge in [0.25, 0.3) is 0 Å². The minimum absolute atomic E-state index is 0.0110. The van der Waals surface area contributed by atoms with Gasteiger partial charge in [-0.1, -0.05) is 0 Å². The van der Waals surface area contributed by atoms with E-state index in [0.717, 1.165) is 0 Å². The zero-order chi connectivity index (χ0) is 14.3. The van der Waals surface area contributed by atoms with Gasteiger partial charge in [-0.3, -0.25) is 4.79 Å². The number of esters is 1. The minimum atomic E-state index is -0.499. The van der Waals surface area contributed by atoms with Crippen molar-refractivity contribution in [1.82, 2.24) is 10.6 Å². The van der Waals surface area contributed by atoms with Gasteiger partial charge in [-0.15, -0.1) is 0 Å². The Bertz CT molecular complexity index is 428. The molecule has 1 aromatic rings. The summed E-state index contributed by atoms with van der Waals surface area (Å²) < 4.78 is 9.93. The highest BCUT2D eigenvalue weighted by atomic mass is 16.5. The van der Waals surface area contributed by atoms with Crippen LogP contribution >= 0.6 is 0 Å². The van der Waals surface area contributed by atoms with E-state index in [9.17, 15) is 9.59 Å². The summed E-state index contributed by atoms with van der Waals surface area (Å²) in [6, 6.07) is 3.21. The number of ether oxygens (including phenoxy) is 1. The number of furan rings is 1. The molecule has 0 saturated heterocycles. The van der Waals surface area contributed by atoms with Crippen LogP contribution in [-0.4, -0.2) is 32.1 Å². The Labute approximate surface area is 112 Å². The Morgan fingerprint density at radius 1 is 1.42 bits per heavy atom. The van der Waals surface area contributed by atoms with Gasteiger partial charge in [0.1, 0.15) is 5.76 Å². The second-order valence-corrected chi connectivity index (χ2v) is 4.07. The summed E-state index contributed by atoms with van der Waals surface area (Å²) in [5.74, 6) is 0.323. The average molecular weight is 268 g/mol. The molecule has 0 aliphatic heterocycles. The number of amides is 1. The predicted octanol–water partition coefficient (Wildman–Crippen LogP) is 1.24. The molecule has 1 heterocycles. The van der Waals surface area contributed by atoms with Crippen molar-refractivity contribution in [3.05, 3.63) is 23.7 Å². The molecular weight excluding hydrogens is 248 g/mol. The van der Waals surface area contributed by atoms with Gasteiger partial charge in [0.2, 0.25) is 11.7 Å². The fourth-order valence-electron chi connectivity index (χ4n) is 1.58. The summed E-state index contributed by atoms with van der Waals surface area (Å²) in [6.07, 6.45) is 0.406. The van der Waals surface area contributed by atoms with Gasteiger partial charge in [-0.25, -0.2) is 4.79 Å². The van der Waals surface area contributed by atoms with Crippen LogP contribution in [0.5, 0.6) is 0 Å². The summed E-state index contributed by atoms with van der Waals surface area (Å²) in [7, 11) is 1.30. The average Bonchev–Trinajstić information content (AvgIpc) is 2.87. The minimum Gasteiger partial charge on any atom is -0.463 e. The second kappa shape index (κ2) is 7.58. The molecule has 6 heteroatoms. The third-order valence-corrected chi connectivity index (χ3v) is 2.62. The van der Waals surface area contributed by atoms with E-state index in [1.807, 2.05) is 13.8 Å². The normalized spacial score (nSPS) is 11.9. The number of nitrogens with one attached hydrogen (secondary N) is 2. The lowest BCUT2D eigenvalue weighted by Crippen LogP contribution is -2.28. The van der Waals surface area contributed by atoms with Crippen molar-refractivity contribution in [1.29, 1.82) is 0 Å². The molecule has 106 valence electrons. The molecular formula is C13H20N2O4. The number of methoxy groups -OCH3 is 1. The molecule has 19 heavy (non-hydrogen) atoms. The van der Waals surface area contributed by atoms with Crippen LogP contribution in [0, 0.1) is 0 Å². The first-order valence-electron chi connectivity index (χ1n) is 6.26. The topological polar surface area (TPSA) is 80.6 Å². The molecule has 0 radical (unpaired) electrons. The highest BCUT2D eigenvalue weighted by Crippen LogP contribution is 2.16. The highest BCUT2D eigenvalue weighted by Gasteiger charge is 2.15. The largest absolute Gasteiger partial charge is 0.463 e. The van der Waals surface area contributed by atoms with Crippen molar-refractivity contribution in [2.45, 2.75) is 26.3 Å². The van der Waals surface area contributed by atoms with Crippen molar-refractivity contribution in [3.63, 3.8) is 0 Å². The lowest BCUT2D eigenvalue weighted by Gasteiger charge is -2.10. The highest BCUT2D eigenvalue weighted by molar-refractivity contribution is 5.86. The molecule has 1 aromatic heterocycles. The molecule has 0 fully saturated rings. The van der Waals surface area contributed by atoms with Gasteiger partial charge in [0.15, 0.2) is 0 Å². The predicted molar refractivity (Wildman–Crippen MR) is 69.8 cm³/mol. The Kier molecular flexibility index (Phi) is 6.08. The third-order valence-electron chi connectivity index (χ3n) is 2.62. The maximum atomic E-state index is 11.3. The number of hydrogen-bond acceptors (Lipinski definition) is 5. The Morgan fingerprint density at radius 3 is 2.79 bits per heavy atom. The van der Waals surface area contributed by atoms with E-state index in [1.165, 1.54) is 7.11 Å². The molecule has 1 rings (SSSR count). The molecule has 0 saturated carbocycles. The van der Waals surface area contributed by atoms with Crippen molar-refractivity contribution >= 4 is 11.9 Å². The Balaban J connectivity index is 2.41. The van der Waals surface area contributed by atoms with Crippen LogP contribution in [0.1, 0.15) is 42.6 Å². The molecule has 0 aliphatic rings. The summed E-state index contributed by atoms with van der Waals surface area (Å²) in [5.41, 5.74) is 0.